The smallest absolute Gasteiger partial charge is 0.265 e. The zero-order valence-corrected chi connectivity index (χ0v) is 19.3. The number of benzene rings is 2. The molecule has 2 aliphatic heterocycles. The number of nitrogens with one attached hydrogen (secondary N) is 1. The minimum Gasteiger partial charge on any atom is -0.489 e. The van der Waals surface area contributed by atoms with E-state index in [4.69, 9.17) is 15.6 Å². The molecule has 1 aliphatic carbocycles. The second-order valence-electron chi connectivity index (χ2n) is 9.46. The molecule has 2 heterocycles. The first kappa shape index (κ1) is 21.8. The van der Waals surface area contributed by atoms with Crippen LogP contribution in [0, 0.1) is 11.8 Å². The van der Waals surface area contributed by atoms with Crippen LogP contribution in [0.5, 0.6) is 5.75 Å². The van der Waals surface area contributed by atoms with Gasteiger partial charge in [0.1, 0.15) is 24.3 Å². The molecule has 0 spiro atoms. The van der Waals surface area contributed by atoms with Crippen LogP contribution < -0.4 is 15.9 Å². The van der Waals surface area contributed by atoms with E-state index in [0.717, 1.165) is 53.5 Å². The maximum Gasteiger partial charge on any atom is 0.265 e. The molecule has 2 aromatic carbocycles. The highest BCUT2D eigenvalue weighted by molar-refractivity contribution is 6.00. The van der Waals surface area contributed by atoms with E-state index >= 15 is 0 Å². The first-order chi connectivity index (χ1) is 16.0. The van der Waals surface area contributed by atoms with Crippen molar-refractivity contribution < 1.29 is 9.33 Å². The lowest BCUT2D eigenvalue weighted by Gasteiger charge is -2.35. The average molecular weight is 443 g/mol. The summed E-state index contributed by atoms with van der Waals surface area (Å²) < 4.78 is 6.12. The van der Waals surface area contributed by atoms with Crippen molar-refractivity contribution >= 4 is 12.1 Å². The van der Waals surface area contributed by atoms with Gasteiger partial charge in [0.25, 0.3) is 5.84 Å². The van der Waals surface area contributed by atoms with Gasteiger partial charge in [0, 0.05) is 12.0 Å². The topological polar surface area (TPSA) is 72.0 Å². The molecule has 1 atom stereocenters. The maximum atomic E-state index is 6.91. The minimum atomic E-state index is 0.0619. The molecule has 1 fully saturated rings. The van der Waals surface area contributed by atoms with Crippen molar-refractivity contribution in [1.29, 1.82) is 0 Å². The van der Waals surface area contributed by atoms with E-state index < -0.39 is 0 Å². The first-order valence-electron chi connectivity index (χ1n) is 11.8. The molecule has 0 bridgehead atoms. The van der Waals surface area contributed by atoms with Crippen molar-refractivity contribution in [1.82, 2.24) is 5.32 Å². The number of nitrogens with two attached hydrogens (primary N) is 1. The summed E-state index contributed by atoms with van der Waals surface area (Å²) in [6, 6.07) is 18.8. The number of quaternary nitrogens is 1. The Balaban J connectivity index is 1.36. The summed E-state index contributed by atoms with van der Waals surface area (Å²) in [4.78, 5) is 9.48. The summed E-state index contributed by atoms with van der Waals surface area (Å²) in [5, 5.41) is 3.56. The Bertz CT molecular complexity index is 1130. The van der Waals surface area contributed by atoms with Gasteiger partial charge in [-0.2, -0.15) is 10.8 Å². The van der Waals surface area contributed by atoms with Gasteiger partial charge in [0.15, 0.2) is 0 Å². The highest BCUT2D eigenvalue weighted by atomic mass is 16.5. The predicted octanol–water partition coefficient (Wildman–Crippen LogP) is 4.51. The number of rotatable bonds is 8. The third-order valence-corrected chi connectivity index (χ3v) is 6.60. The van der Waals surface area contributed by atoms with E-state index in [9.17, 15) is 0 Å². The lowest BCUT2D eigenvalue weighted by molar-refractivity contribution is -0.750. The fraction of sp³-hybridized carbons (Fsp3) is 0.333. The second-order valence-corrected chi connectivity index (χ2v) is 9.46. The Morgan fingerprint density at radius 3 is 2.73 bits per heavy atom. The standard InChI is InChI=1S/C27H32N5O/c1-19(2)30-16-21-13-23(14-21)26-25-17-29-11-12-32(25,28)27(31-26)22-9-6-10-24(15-22)33-18-20-7-4-3-5-8-20/h3-12,15,17,19,21,23,30H,13-14,16,18,28H2,1-2H3/q+1. The van der Waals surface area contributed by atoms with Crippen molar-refractivity contribution in [2.75, 3.05) is 6.54 Å². The molecule has 6 nitrogen and oxygen atoms in total. The largest absolute Gasteiger partial charge is 0.489 e. The number of nitrogens with zero attached hydrogens (tertiary/aromatic N) is 3. The Morgan fingerprint density at radius 1 is 1.12 bits per heavy atom. The SMILES string of the molecule is CC(C)NCC1CC(C2=C3C=NC=C[N+]3(N)C(c3cccc(OCc4ccccc4)c3)=N2)C1. The minimum absolute atomic E-state index is 0.0619. The molecule has 5 rings (SSSR count). The number of hydrogen-bond acceptors (Lipinski definition) is 5. The van der Waals surface area contributed by atoms with Crippen LogP contribution in [0.4, 0.5) is 0 Å². The summed E-state index contributed by atoms with van der Waals surface area (Å²) in [6.07, 6.45) is 7.81. The van der Waals surface area contributed by atoms with Gasteiger partial charge in [-0.25, -0.2) is 0 Å². The van der Waals surface area contributed by atoms with Gasteiger partial charge >= 0.3 is 0 Å². The first-order valence-corrected chi connectivity index (χ1v) is 11.8. The van der Waals surface area contributed by atoms with E-state index in [-0.39, 0.29) is 4.59 Å². The van der Waals surface area contributed by atoms with Gasteiger partial charge in [-0.3, -0.25) is 4.99 Å². The Hall–Kier alpha value is -3.06. The van der Waals surface area contributed by atoms with Gasteiger partial charge in [0.05, 0.1) is 18.0 Å². The van der Waals surface area contributed by atoms with Crippen LogP contribution in [-0.2, 0) is 6.61 Å². The van der Waals surface area contributed by atoms with Gasteiger partial charge in [0.2, 0.25) is 5.70 Å². The van der Waals surface area contributed by atoms with Crippen LogP contribution in [0.2, 0.25) is 0 Å². The van der Waals surface area contributed by atoms with Gasteiger partial charge in [-0.05, 0) is 49.1 Å². The maximum absolute atomic E-state index is 6.91. The van der Waals surface area contributed by atoms with Crippen molar-refractivity contribution in [2.45, 2.75) is 39.3 Å². The number of aliphatic imine (C=N–C) groups is 2. The van der Waals surface area contributed by atoms with E-state index in [1.54, 1.807) is 6.20 Å². The van der Waals surface area contributed by atoms with Gasteiger partial charge in [-0.1, -0.05) is 50.2 Å². The molecule has 0 saturated heterocycles. The van der Waals surface area contributed by atoms with Crippen LogP contribution in [0.15, 0.2) is 88.4 Å². The number of allylic oxidation sites excluding steroid dienone is 2. The summed E-state index contributed by atoms with van der Waals surface area (Å²) in [7, 11) is 0. The normalized spacial score (nSPS) is 25.8. The van der Waals surface area contributed by atoms with Crippen molar-refractivity contribution in [3.8, 4) is 5.75 Å². The van der Waals surface area contributed by atoms with Crippen molar-refractivity contribution in [2.24, 2.45) is 27.7 Å². The van der Waals surface area contributed by atoms with Crippen LogP contribution in [-0.4, -0.2) is 29.2 Å². The highest BCUT2D eigenvalue weighted by Gasteiger charge is 2.48. The third-order valence-electron chi connectivity index (χ3n) is 6.60. The van der Waals surface area contributed by atoms with E-state index in [0.29, 0.717) is 24.5 Å². The molecule has 3 N–H and O–H groups in total. The van der Waals surface area contributed by atoms with Crippen LogP contribution >= 0.6 is 0 Å². The lowest BCUT2D eigenvalue weighted by atomic mass is 9.72. The fourth-order valence-electron chi connectivity index (χ4n) is 4.70. The second kappa shape index (κ2) is 9.06. The average Bonchev–Trinajstić information content (AvgIpc) is 3.10. The van der Waals surface area contributed by atoms with E-state index in [2.05, 4.69) is 42.4 Å². The van der Waals surface area contributed by atoms with E-state index in [1.165, 1.54) is 0 Å². The number of hydrogen-bond donors (Lipinski definition) is 2. The Morgan fingerprint density at radius 2 is 1.94 bits per heavy atom. The number of amidine groups is 1. The van der Waals surface area contributed by atoms with E-state index in [1.807, 2.05) is 48.8 Å². The molecule has 3 aliphatic rings. The number of ether oxygens (including phenoxy) is 1. The fourth-order valence-corrected chi connectivity index (χ4v) is 4.70. The zero-order valence-electron chi connectivity index (χ0n) is 19.3. The highest BCUT2D eigenvalue weighted by Crippen LogP contribution is 2.44. The van der Waals surface area contributed by atoms with Crippen LogP contribution in [0.25, 0.3) is 0 Å². The quantitative estimate of drug-likeness (QED) is 0.467. The molecule has 33 heavy (non-hydrogen) atoms. The molecule has 1 unspecified atom stereocenters. The monoisotopic (exact) mass is 442 g/mol. The van der Waals surface area contributed by atoms with Crippen molar-refractivity contribution in [3.05, 3.63) is 89.5 Å². The number of fused-ring (bicyclic) bond motifs is 1. The van der Waals surface area contributed by atoms with Crippen LogP contribution in [0.3, 0.4) is 0 Å². The predicted molar refractivity (Wildman–Crippen MR) is 132 cm³/mol. The molecular formula is C27H32N5O+. The Labute approximate surface area is 195 Å². The van der Waals surface area contributed by atoms with Crippen molar-refractivity contribution in [3.63, 3.8) is 0 Å². The molecule has 170 valence electrons. The molecule has 2 aromatic rings. The zero-order chi connectivity index (χ0) is 22.8. The molecule has 0 radical (unpaired) electrons. The molecular weight excluding hydrogens is 410 g/mol. The third kappa shape index (κ3) is 4.42. The molecule has 6 heteroatoms. The summed E-state index contributed by atoms with van der Waals surface area (Å²) in [5.41, 5.74) is 4.16. The Kier molecular flexibility index (Phi) is 5.98. The molecule has 1 saturated carbocycles. The van der Waals surface area contributed by atoms with Gasteiger partial charge in [-0.15, -0.1) is 4.59 Å². The lowest BCUT2D eigenvalue weighted by Crippen LogP contribution is -2.53. The summed E-state index contributed by atoms with van der Waals surface area (Å²) in [6.45, 7) is 5.97. The van der Waals surface area contributed by atoms with Crippen LogP contribution in [0.1, 0.15) is 37.8 Å². The molecule has 0 amide bonds. The summed E-state index contributed by atoms with van der Waals surface area (Å²) >= 11 is 0. The summed E-state index contributed by atoms with van der Waals surface area (Å²) in [5.74, 6) is 9.65. The van der Waals surface area contributed by atoms with Gasteiger partial charge < -0.3 is 10.1 Å². The molecule has 0 aromatic heterocycles.